The molecular formula is C20H15BrClN5O4. The number of nitrogen functional groups attached to an aromatic ring is 1. The average molecular weight is 505 g/mol. The Morgan fingerprint density at radius 1 is 1.23 bits per heavy atom. The van der Waals surface area contributed by atoms with Crippen LogP contribution in [-0.2, 0) is 4.74 Å². The first kappa shape index (κ1) is 22.3. The van der Waals surface area contributed by atoms with E-state index in [1.807, 2.05) is 12.1 Å². The molecule has 0 aliphatic carbocycles. The molecule has 158 valence electrons. The third-order valence-electron chi connectivity index (χ3n) is 4.04. The number of carbonyl (C=O) groups excluding carboxylic acids is 1. The molecule has 0 bridgehead atoms. The number of nitro benzene ring substituents is 1. The van der Waals surface area contributed by atoms with Gasteiger partial charge in [-0.15, -0.1) is 5.11 Å². The number of nitro groups is 1. The van der Waals surface area contributed by atoms with E-state index in [2.05, 4.69) is 31.1 Å². The van der Waals surface area contributed by atoms with E-state index in [0.717, 1.165) is 4.47 Å². The Morgan fingerprint density at radius 2 is 1.94 bits per heavy atom. The second-order valence-electron chi connectivity index (χ2n) is 6.11. The van der Waals surface area contributed by atoms with E-state index in [9.17, 15) is 14.9 Å². The van der Waals surface area contributed by atoms with E-state index >= 15 is 0 Å². The molecule has 11 heteroatoms. The second kappa shape index (κ2) is 9.63. The fourth-order valence-corrected chi connectivity index (χ4v) is 3.05. The van der Waals surface area contributed by atoms with Crippen LogP contribution in [0.3, 0.4) is 0 Å². The van der Waals surface area contributed by atoms with Crippen LogP contribution in [0.15, 0.2) is 63.2 Å². The largest absolute Gasteiger partial charge is 0.462 e. The van der Waals surface area contributed by atoms with Gasteiger partial charge in [-0.1, -0.05) is 39.7 Å². The fraction of sp³-hybridized carbons (Fsp3) is 0.100. The van der Waals surface area contributed by atoms with Gasteiger partial charge in [0.05, 0.1) is 17.2 Å². The number of aromatic nitrogens is 1. The number of rotatable bonds is 6. The highest BCUT2D eigenvalue weighted by atomic mass is 79.9. The number of carbonyl (C=O) groups is 1. The van der Waals surface area contributed by atoms with Crippen LogP contribution in [0.1, 0.15) is 17.3 Å². The van der Waals surface area contributed by atoms with E-state index in [0.29, 0.717) is 11.3 Å². The summed E-state index contributed by atoms with van der Waals surface area (Å²) >= 11 is 9.21. The Labute approximate surface area is 190 Å². The predicted molar refractivity (Wildman–Crippen MR) is 120 cm³/mol. The number of anilines is 1. The molecular weight excluding hydrogens is 490 g/mol. The summed E-state index contributed by atoms with van der Waals surface area (Å²) in [5.74, 6) is -0.661. The SMILES string of the molecule is CCOC(=O)c1cc(N=Nc2ccc(Cl)c([N+](=O)[O-])c2)c(-c2ccc(Br)cc2)nc1N. The first-order valence-electron chi connectivity index (χ1n) is 8.89. The lowest BCUT2D eigenvalue weighted by Crippen LogP contribution is -2.09. The summed E-state index contributed by atoms with van der Waals surface area (Å²) in [6, 6.07) is 12.7. The van der Waals surface area contributed by atoms with Crippen molar-refractivity contribution in [2.75, 3.05) is 12.3 Å². The molecule has 3 rings (SSSR count). The standard InChI is InChI=1S/C20H15BrClN5O4/c1-2-31-20(28)14-10-16(18(24-19(14)23)11-3-5-12(21)6-4-11)26-25-13-7-8-15(22)17(9-13)27(29)30/h3-10H,2H2,1H3,(H2,23,24). The van der Waals surface area contributed by atoms with E-state index in [1.54, 1.807) is 19.1 Å². The monoisotopic (exact) mass is 503 g/mol. The molecule has 2 aromatic carbocycles. The maximum atomic E-state index is 12.2. The van der Waals surface area contributed by atoms with Crippen molar-refractivity contribution in [1.82, 2.24) is 4.98 Å². The number of halogens is 2. The molecule has 9 nitrogen and oxygen atoms in total. The molecule has 0 aliphatic rings. The summed E-state index contributed by atoms with van der Waals surface area (Å²) in [6.07, 6.45) is 0. The van der Waals surface area contributed by atoms with Crippen LogP contribution in [0.2, 0.25) is 5.02 Å². The quantitative estimate of drug-likeness (QED) is 0.183. The highest BCUT2D eigenvalue weighted by Crippen LogP contribution is 2.35. The highest BCUT2D eigenvalue weighted by Gasteiger charge is 2.18. The molecule has 31 heavy (non-hydrogen) atoms. The van der Waals surface area contributed by atoms with Gasteiger partial charge in [0, 0.05) is 16.1 Å². The van der Waals surface area contributed by atoms with Crippen molar-refractivity contribution < 1.29 is 14.5 Å². The molecule has 0 spiro atoms. The summed E-state index contributed by atoms with van der Waals surface area (Å²) in [5.41, 5.74) is 7.22. The zero-order valence-electron chi connectivity index (χ0n) is 16.1. The Morgan fingerprint density at radius 3 is 2.58 bits per heavy atom. The summed E-state index contributed by atoms with van der Waals surface area (Å²) in [7, 11) is 0. The maximum absolute atomic E-state index is 12.2. The van der Waals surface area contributed by atoms with Crippen LogP contribution in [0.4, 0.5) is 22.9 Å². The lowest BCUT2D eigenvalue weighted by atomic mass is 10.1. The first-order valence-corrected chi connectivity index (χ1v) is 10.1. The number of benzene rings is 2. The Balaban J connectivity index is 2.11. The Hall–Kier alpha value is -3.37. The van der Waals surface area contributed by atoms with Gasteiger partial charge in [-0.25, -0.2) is 9.78 Å². The van der Waals surface area contributed by atoms with Crippen LogP contribution in [-0.4, -0.2) is 22.5 Å². The normalized spacial score (nSPS) is 10.9. The van der Waals surface area contributed by atoms with E-state index in [1.165, 1.54) is 24.3 Å². The van der Waals surface area contributed by atoms with Crippen LogP contribution < -0.4 is 5.73 Å². The van der Waals surface area contributed by atoms with Gasteiger partial charge < -0.3 is 10.5 Å². The lowest BCUT2D eigenvalue weighted by molar-refractivity contribution is -0.384. The van der Waals surface area contributed by atoms with Crippen molar-refractivity contribution in [3.8, 4) is 11.3 Å². The summed E-state index contributed by atoms with van der Waals surface area (Å²) in [5, 5.41) is 19.3. The average Bonchev–Trinajstić information content (AvgIpc) is 2.74. The van der Waals surface area contributed by atoms with Gasteiger partial charge in [-0.2, -0.15) is 5.11 Å². The minimum Gasteiger partial charge on any atom is -0.462 e. The van der Waals surface area contributed by atoms with Crippen molar-refractivity contribution in [1.29, 1.82) is 0 Å². The molecule has 1 aromatic heterocycles. The Kier molecular flexibility index (Phi) is 6.93. The van der Waals surface area contributed by atoms with Crippen molar-refractivity contribution in [2.24, 2.45) is 10.2 Å². The molecule has 0 atom stereocenters. The van der Waals surface area contributed by atoms with Gasteiger partial charge in [0.25, 0.3) is 5.69 Å². The third kappa shape index (κ3) is 5.22. The molecule has 2 N–H and O–H groups in total. The topological polar surface area (TPSA) is 133 Å². The van der Waals surface area contributed by atoms with Gasteiger partial charge in [0.1, 0.15) is 27.8 Å². The number of pyridine rings is 1. The molecule has 0 radical (unpaired) electrons. The zero-order chi connectivity index (χ0) is 22.5. The summed E-state index contributed by atoms with van der Waals surface area (Å²) < 4.78 is 5.88. The number of ether oxygens (including phenoxy) is 1. The molecule has 0 fully saturated rings. The van der Waals surface area contributed by atoms with Crippen LogP contribution >= 0.6 is 27.5 Å². The van der Waals surface area contributed by atoms with Crippen molar-refractivity contribution in [3.05, 3.63) is 73.7 Å². The predicted octanol–water partition coefficient (Wildman–Crippen LogP) is 6.25. The summed E-state index contributed by atoms with van der Waals surface area (Å²) in [6.45, 7) is 1.84. The van der Waals surface area contributed by atoms with Gasteiger partial charge in [-0.3, -0.25) is 10.1 Å². The first-order chi connectivity index (χ1) is 14.8. The van der Waals surface area contributed by atoms with Crippen molar-refractivity contribution in [2.45, 2.75) is 6.92 Å². The molecule has 0 saturated carbocycles. The highest BCUT2D eigenvalue weighted by molar-refractivity contribution is 9.10. The Bertz CT molecular complexity index is 1180. The number of nitrogens with two attached hydrogens (primary N) is 1. The molecule has 0 amide bonds. The van der Waals surface area contributed by atoms with Crippen molar-refractivity contribution >= 4 is 56.4 Å². The van der Waals surface area contributed by atoms with Gasteiger partial charge in [0.15, 0.2) is 0 Å². The minimum absolute atomic E-state index is 0.0155. The van der Waals surface area contributed by atoms with E-state index in [-0.39, 0.29) is 40.1 Å². The molecule has 1 heterocycles. The van der Waals surface area contributed by atoms with Crippen molar-refractivity contribution in [3.63, 3.8) is 0 Å². The van der Waals surface area contributed by atoms with Gasteiger partial charge >= 0.3 is 5.97 Å². The number of hydrogen-bond acceptors (Lipinski definition) is 8. The number of azo groups is 1. The zero-order valence-corrected chi connectivity index (χ0v) is 18.4. The smallest absolute Gasteiger partial charge is 0.341 e. The molecule has 0 aliphatic heterocycles. The lowest BCUT2D eigenvalue weighted by Gasteiger charge is -2.10. The number of nitrogens with zero attached hydrogens (tertiary/aromatic N) is 4. The van der Waals surface area contributed by atoms with Gasteiger partial charge in [-0.05, 0) is 37.3 Å². The fourth-order valence-electron chi connectivity index (χ4n) is 2.60. The molecule has 0 unspecified atom stereocenters. The minimum atomic E-state index is -0.645. The second-order valence-corrected chi connectivity index (χ2v) is 7.43. The van der Waals surface area contributed by atoms with E-state index in [4.69, 9.17) is 22.1 Å². The van der Waals surface area contributed by atoms with Crippen LogP contribution in [0.25, 0.3) is 11.3 Å². The third-order valence-corrected chi connectivity index (χ3v) is 4.89. The molecule has 0 saturated heterocycles. The van der Waals surface area contributed by atoms with Crippen LogP contribution in [0.5, 0.6) is 0 Å². The maximum Gasteiger partial charge on any atom is 0.341 e. The number of hydrogen-bond donors (Lipinski definition) is 1. The van der Waals surface area contributed by atoms with Crippen LogP contribution in [0, 0.1) is 10.1 Å². The van der Waals surface area contributed by atoms with Gasteiger partial charge in [0.2, 0.25) is 0 Å². The number of esters is 1. The summed E-state index contributed by atoms with van der Waals surface area (Å²) in [4.78, 5) is 27.0. The van der Waals surface area contributed by atoms with E-state index < -0.39 is 10.9 Å². The molecule has 3 aromatic rings.